The van der Waals surface area contributed by atoms with Crippen LogP contribution < -0.4 is 5.56 Å². The first-order valence-electron chi connectivity index (χ1n) is 10.9. The van der Waals surface area contributed by atoms with Crippen LogP contribution in [0.1, 0.15) is 23.1 Å². The largest absolute Gasteiger partial charge is 0.461 e. The van der Waals surface area contributed by atoms with Gasteiger partial charge < -0.3 is 19.0 Å². The van der Waals surface area contributed by atoms with Crippen LogP contribution in [-0.2, 0) is 16.2 Å². The van der Waals surface area contributed by atoms with Gasteiger partial charge in [0.05, 0.1) is 22.6 Å². The highest BCUT2D eigenvalue weighted by molar-refractivity contribution is 6.76. The van der Waals surface area contributed by atoms with Gasteiger partial charge in [-0.15, -0.1) is 0 Å². The lowest BCUT2D eigenvalue weighted by Crippen LogP contribution is -2.22. The number of aryl methyl sites for hydroxylation is 1. The van der Waals surface area contributed by atoms with Gasteiger partial charge in [-0.2, -0.15) is 0 Å². The summed E-state index contributed by atoms with van der Waals surface area (Å²) in [6.07, 6.45) is 0. The quantitative estimate of drug-likeness (QED) is 0.151. The van der Waals surface area contributed by atoms with Gasteiger partial charge in [-0.3, -0.25) is 14.9 Å². The Morgan fingerprint density at radius 3 is 2.59 bits per heavy atom. The van der Waals surface area contributed by atoms with Gasteiger partial charge in [-0.05, 0) is 32.0 Å². The van der Waals surface area contributed by atoms with Crippen LogP contribution in [0.5, 0.6) is 0 Å². The van der Waals surface area contributed by atoms with E-state index in [9.17, 15) is 19.7 Å². The smallest absolute Gasteiger partial charge is 0.354 e. The second-order valence-electron chi connectivity index (χ2n) is 9.15. The molecule has 2 aromatic heterocycles. The van der Waals surface area contributed by atoms with Crippen molar-refractivity contribution in [3.63, 3.8) is 0 Å². The number of fused-ring (bicyclic) bond motifs is 1. The number of benzene rings is 1. The molecule has 0 radical (unpaired) electrons. The Morgan fingerprint density at radius 1 is 1.26 bits per heavy atom. The molecule has 0 amide bonds. The molecule has 0 unspecified atom stereocenters. The highest BCUT2D eigenvalue weighted by atomic mass is 28.3. The Bertz CT molecular complexity index is 1310. The first-order valence-corrected chi connectivity index (χ1v) is 14.6. The summed E-state index contributed by atoms with van der Waals surface area (Å²) < 4.78 is 27.5. The third-order valence-corrected chi connectivity index (χ3v) is 7.16. The summed E-state index contributed by atoms with van der Waals surface area (Å²) >= 11 is 0. The lowest BCUT2D eigenvalue weighted by molar-refractivity contribution is -0.384. The van der Waals surface area contributed by atoms with Crippen molar-refractivity contribution in [3.05, 3.63) is 61.9 Å². The standard InChI is InChI=1S/C23H28FN3O6Si/c1-6-33-23(29)19-12-17-20(22(28)25-19)14(2)26(13-32-9-10-34(3,4)5)21(17)16-11-15(27(30)31)7-8-18(16)24/h7-8,11-12H,6,9-10,13H2,1-5H3,(H,25,28). The Morgan fingerprint density at radius 2 is 1.97 bits per heavy atom. The van der Waals surface area contributed by atoms with E-state index in [1.54, 1.807) is 18.4 Å². The van der Waals surface area contributed by atoms with E-state index in [2.05, 4.69) is 24.6 Å². The number of aromatic amines is 1. The highest BCUT2D eigenvalue weighted by Gasteiger charge is 2.25. The molecule has 0 aliphatic rings. The first kappa shape index (κ1) is 25.3. The summed E-state index contributed by atoms with van der Waals surface area (Å²) in [4.78, 5) is 38.5. The molecule has 1 aromatic carbocycles. The van der Waals surface area contributed by atoms with E-state index in [4.69, 9.17) is 9.47 Å². The van der Waals surface area contributed by atoms with Gasteiger partial charge in [-0.1, -0.05) is 19.6 Å². The van der Waals surface area contributed by atoms with E-state index in [0.717, 1.165) is 24.2 Å². The summed E-state index contributed by atoms with van der Waals surface area (Å²) in [7, 11) is -1.36. The van der Waals surface area contributed by atoms with Gasteiger partial charge in [0.2, 0.25) is 0 Å². The zero-order chi connectivity index (χ0) is 25.2. The molecular weight excluding hydrogens is 461 g/mol. The monoisotopic (exact) mass is 489 g/mol. The zero-order valence-corrected chi connectivity index (χ0v) is 20.9. The van der Waals surface area contributed by atoms with Gasteiger partial charge in [0.25, 0.3) is 11.2 Å². The molecule has 3 rings (SSSR count). The van der Waals surface area contributed by atoms with Crippen molar-refractivity contribution < 1.29 is 23.6 Å². The minimum Gasteiger partial charge on any atom is -0.461 e. The molecule has 2 heterocycles. The van der Waals surface area contributed by atoms with Crippen LogP contribution in [0.2, 0.25) is 25.7 Å². The molecular formula is C23H28FN3O6Si. The summed E-state index contributed by atoms with van der Waals surface area (Å²) in [5, 5.41) is 11.9. The molecule has 11 heteroatoms. The zero-order valence-electron chi connectivity index (χ0n) is 19.9. The number of nitrogens with zero attached hydrogens (tertiary/aromatic N) is 2. The Hall–Kier alpha value is -3.31. The van der Waals surface area contributed by atoms with Crippen molar-refractivity contribution in [2.75, 3.05) is 13.2 Å². The maximum absolute atomic E-state index is 15.0. The summed E-state index contributed by atoms with van der Waals surface area (Å²) in [5.74, 6) is -1.44. The van der Waals surface area contributed by atoms with Crippen molar-refractivity contribution in [1.82, 2.24) is 9.55 Å². The number of nitro benzene ring substituents is 1. The van der Waals surface area contributed by atoms with E-state index >= 15 is 4.39 Å². The average Bonchev–Trinajstić information content (AvgIpc) is 3.02. The molecule has 0 atom stereocenters. The van der Waals surface area contributed by atoms with E-state index in [1.165, 1.54) is 6.07 Å². The average molecular weight is 490 g/mol. The molecule has 0 spiro atoms. The SMILES string of the molecule is CCOC(=O)c1cc2c(-c3cc([N+](=O)[O-])ccc3F)n(COCC[Si](C)(C)C)c(C)c2c(=O)[nH]1. The maximum atomic E-state index is 15.0. The number of rotatable bonds is 9. The van der Waals surface area contributed by atoms with E-state index in [-0.39, 0.29) is 46.7 Å². The van der Waals surface area contributed by atoms with Gasteiger partial charge in [0.1, 0.15) is 18.2 Å². The van der Waals surface area contributed by atoms with Crippen LogP contribution in [0.15, 0.2) is 29.1 Å². The summed E-state index contributed by atoms with van der Waals surface area (Å²) in [6, 6.07) is 5.52. The molecule has 0 saturated carbocycles. The number of H-pyrrole nitrogens is 1. The molecule has 1 N–H and O–H groups in total. The third kappa shape index (κ3) is 5.26. The van der Waals surface area contributed by atoms with Gasteiger partial charge in [-0.25, -0.2) is 9.18 Å². The number of esters is 1. The number of nitro groups is 1. The Labute approximate surface area is 196 Å². The fourth-order valence-electron chi connectivity index (χ4n) is 3.67. The molecule has 9 nitrogen and oxygen atoms in total. The summed E-state index contributed by atoms with van der Waals surface area (Å²) in [6.45, 7) is 10.6. The van der Waals surface area contributed by atoms with Gasteiger partial charge >= 0.3 is 5.97 Å². The molecule has 0 saturated heterocycles. The Balaban J connectivity index is 2.25. The fourth-order valence-corrected chi connectivity index (χ4v) is 4.42. The first-order chi connectivity index (χ1) is 15.9. The highest BCUT2D eigenvalue weighted by Crippen LogP contribution is 2.36. The minimum atomic E-state index is -1.36. The predicted molar refractivity (Wildman–Crippen MR) is 129 cm³/mol. The molecule has 34 heavy (non-hydrogen) atoms. The van der Waals surface area contributed by atoms with Gasteiger partial charge in [0.15, 0.2) is 0 Å². The van der Waals surface area contributed by atoms with Crippen molar-refractivity contribution in [3.8, 4) is 11.3 Å². The third-order valence-electron chi connectivity index (χ3n) is 5.45. The van der Waals surface area contributed by atoms with E-state index < -0.39 is 30.3 Å². The van der Waals surface area contributed by atoms with Crippen LogP contribution in [-0.4, -0.2) is 41.7 Å². The van der Waals surface area contributed by atoms with Crippen LogP contribution in [0.3, 0.4) is 0 Å². The topological polar surface area (TPSA) is 116 Å². The molecule has 3 aromatic rings. The van der Waals surface area contributed by atoms with Gasteiger partial charge in [0, 0.05) is 43.5 Å². The number of non-ortho nitro benzene ring substituents is 1. The number of carbonyl (C=O) groups excluding carboxylic acids is 1. The van der Waals surface area contributed by atoms with Crippen molar-refractivity contribution in [1.29, 1.82) is 0 Å². The number of hydrogen-bond acceptors (Lipinski definition) is 6. The summed E-state index contributed by atoms with van der Waals surface area (Å²) in [5.41, 5.74) is -0.306. The lowest BCUT2D eigenvalue weighted by Gasteiger charge is -2.17. The molecule has 0 aliphatic carbocycles. The molecule has 0 fully saturated rings. The van der Waals surface area contributed by atoms with Crippen LogP contribution in [0, 0.1) is 22.9 Å². The predicted octanol–water partition coefficient (Wildman–Crippen LogP) is 4.84. The maximum Gasteiger partial charge on any atom is 0.354 e. The van der Waals surface area contributed by atoms with E-state index in [0.29, 0.717) is 12.3 Å². The lowest BCUT2D eigenvalue weighted by atomic mass is 10.1. The number of ether oxygens (including phenoxy) is 2. The van der Waals surface area contributed by atoms with E-state index in [1.807, 2.05) is 0 Å². The van der Waals surface area contributed by atoms with Crippen LogP contribution >= 0.6 is 0 Å². The molecule has 0 aliphatic heterocycles. The molecule has 182 valence electrons. The van der Waals surface area contributed by atoms with Crippen LogP contribution in [0.4, 0.5) is 10.1 Å². The minimum absolute atomic E-state index is 0.0106. The fraction of sp³-hybridized carbons (Fsp3) is 0.391. The number of carbonyl (C=O) groups is 1. The van der Waals surface area contributed by atoms with Crippen molar-refractivity contribution >= 4 is 30.5 Å². The van der Waals surface area contributed by atoms with Crippen LogP contribution in [0.25, 0.3) is 22.0 Å². The number of nitrogens with one attached hydrogen (secondary N) is 1. The number of hydrogen-bond donors (Lipinski definition) is 1. The molecule has 0 bridgehead atoms. The van der Waals surface area contributed by atoms with Crippen molar-refractivity contribution in [2.45, 2.75) is 46.3 Å². The number of halogens is 1. The second-order valence-corrected chi connectivity index (χ2v) is 14.8. The van der Waals surface area contributed by atoms with Crippen molar-refractivity contribution in [2.24, 2.45) is 0 Å². The Kier molecular flexibility index (Phi) is 7.37. The normalized spacial score (nSPS) is 11.7. The number of pyridine rings is 1. The number of aromatic nitrogens is 2. The second kappa shape index (κ2) is 9.90.